The Balaban J connectivity index is 2.69. The van der Waals surface area contributed by atoms with Crippen LogP contribution in [0.1, 0.15) is 47.5 Å². The van der Waals surface area contributed by atoms with E-state index in [0.29, 0.717) is 6.04 Å². The number of hydrogen-bond acceptors (Lipinski definition) is 3. The van der Waals surface area contributed by atoms with Crippen LogP contribution in [0.4, 0.5) is 11.4 Å². The minimum atomic E-state index is 0.159. The zero-order valence-corrected chi connectivity index (χ0v) is 12.9. The van der Waals surface area contributed by atoms with Crippen molar-refractivity contribution < 1.29 is 4.74 Å². The first-order valence-electron chi connectivity index (χ1n) is 7.24. The lowest BCUT2D eigenvalue weighted by Gasteiger charge is -2.20. The fraction of sp³-hybridized carbons (Fsp3) is 0.625. The van der Waals surface area contributed by atoms with Crippen LogP contribution in [-0.4, -0.2) is 12.1 Å². The first-order chi connectivity index (χ1) is 8.90. The van der Waals surface area contributed by atoms with E-state index in [1.54, 1.807) is 0 Å². The largest absolute Gasteiger partial charge is 0.491 e. The molecule has 0 fully saturated rings. The number of nitrogens with one attached hydrogen (secondary N) is 1. The van der Waals surface area contributed by atoms with Crippen LogP contribution >= 0.6 is 0 Å². The first-order valence-corrected chi connectivity index (χ1v) is 7.24. The summed E-state index contributed by atoms with van der Waals surface area (Å²) in [7, 11) is 0. The molecule has 0 aliphatic carbocycles. The van der Waals surface area contributed by atoms with Crippen LogP contribution in [0, 0.1) is 5.92 Å². The van der Waals surface area contributed by atoms with E-state index in [0.717, 1.165) is 29.5 Å². The van der Waals surface area contributed by atoms with Crippen molar-refractivity contribution in [3.05, 3.63) is 18.2 Å². The van der Waals surface area contributed by atoms with Crippen LogP contribution in [0.5, 0.6) is 5.75 Å². The Labute approximate surface area is 117 Å². The Morgan fingerprint density at radius 2 is 1.84 bits per heavy atom. The molecule has 1 rings (SSSR count). The SMILES string of the molecule is CCC(C)CC(C)Nc1cc(N)cc(OC(C)C)c1. The van der Waals surface area contributed by atoms with Crippen LogP contribution in [0.25, 0.3) is 0 Å². The zero-order chi connectivity index (χ0) is 14.4. The van der Waals surface area contributed by atoms with Crippen LogP contribution in [0.2, 0.25) is 0 Å². The van der Waals surface area contributed by atoms with Gasteiger partial charge in [-0.1, -0.05) is 20.3 Å². The fourth-order valence-corrected chi connectivity index (χ4v) is 2.16. The molecule has 0 saturated carbocycles. The molecule has 1 aromatic rings. The Kier molecular flexibility index (Phi) is 6.00. The summed E-state index contributed by atoms with van der Waals surface area (Å²) >= 11 is 0. The van der Waals surface area contributed by atoms with Gasteiger partial charge in [0, 0.05) is 29.5 Å². The van der Waals surface area contributed by atoms with Gasteiger partial charge in [0.2, 0.25) is 0 Å². The van der Waals surface area contributed by atoms with E-state index in [9.17, 15) is 0 Å². The first kappa shape index (κ1) is 15.7. The molecule has 108 valence electrons. The predicted molar refractivity (Wildman–Crippen MR) is 83.8 cm³/mol. The standard InChI is InChI=1S/C16H28N2O/c1-6-12(4)7-13(5)18-15-8-14(17)9-16(10-15)19-11(2)3/h8-13,18H,6-7,17H2,1-5H3. The molecule has 3 heteroatoms. The molecule has 0 spiro atoms. The maximum atomic E-state index is 5.92. The Morgan fingerprint density at radius 3 is 2.42 bits per heavy atom. The molecule has 0 amide bonds. The van der Waals surface area contributed by atoms with Gasteiger partial charge in [0.1, 0.15) is 5.75 Å². The van der Waals surface area contributed by atoms with Gasteiger partial charge >= 0.3 is 0 Å². The summed E-state index contributed by atoms with van der Waals surface area (Å²) in [6, 6.07) is 6.28. The van der Waals surface area contributed by atoms with Crippen molar-refractivity contribution in [3.8, 4) is 5.75 Å². The topological polar surface area (TPSA) is 47.3 Å². The second-order valence-electron chi connectivity index (χ2n) is 5.75. The van der Waals surface area contributed by atoms with E-state index in [-0.39, 0.29) is 6.10 Å². The highest BCUT2D eigenvalue weighted by Crippen LogP contribution is 2.25. The number of anilines is 2. The van der Waals surface area contributed by atoms with Gasteiger partial charge in [-0.15, -0.1) is 0 Å². The zero-order valence-electron chi connectivity index (χ0n) is 12.9. The molecule has 2 atom stereocenters. The summed E-state index contributed by atoms with van der Waals surface area (Å²) in [5, 5.41) is 3.50. The van der Waals surface area contributed by atoms with E-state index in [4.69, 9.17) is 10.5 Å². The summed E-state index contributed by atoms with van der Waals surface area (Å²) in [6.45, 7) is 10.7. The lowest BCUT2D eigenvalue weighted by Crippen LogP contribution is -2.18. The highest BCUT2D eigenvalue weighted by Gasteiger charge is 2.08. The fourth-order valence-electron chi connectivity index (χ4n) is 2.16. The van der Waals surface area contributed by atoms with Gasteiger partial charge in [-0.2, -0.15) is 0 Å². The van der Waals surface area contributed by atoms with Gasteiger partial charge < -0.3 is 15.8 Å². The summed E-state index contributed by atoms with van der Waals surface area (Å²) < 4.78 is 5.70. The lowest BCUT2D eigenvalue weighted by molar-refractivity contribution is 0.242. The van der Waals surface area contributed by atoms with Gasteiger partial charge in [0.05, 0.1) is 6.10 Å². The molecule has 0 radical (unpaired) electrons. The van der Waals surface area contributed by atoms with E-state index in [1.165, 1.54) is 6.42 Å². The molecule has 0 aliphatic heterocycles. The number of hydrogen-bond donors (Lipinski definition) is 2. The van der Waals surface area contributed by atoms with Gasteiger partial charge in [0.15, 0.2) is 0 Å². The van der Waals surface area contributed by atoms with Crippen LogP contribution in [-0.2, 0) is 0 Å². The van der Waals surface area contributed by atoms with Gasteiger partial charge in [-0.25, -0.2) is 0 Å². The van der Waals surface area contributed by atoms with Crippen molar-refractivity contribution in [2.75, 3.05) is 11.1 Å². The lowest BCUT2D eigenvalue weighted by atomic mass is 10.0. The molecule has 19 heavy (non-hydrogen) atoms. The van der Waals surface area contributed by atoms with E-state index < -0.39 is 0 Å². The number of benzene rings is 1. The van der Waals surface area contributed by atoms with E-state index in [2.05, 4.69) is 26.1 Å². The summed E-state index contributed by atoms with van der Waals surface area (Å²) in [5.74, 6) is 1.56. The molecule has 3 N–H and O–H groups in total. The number of rotatable bonds is 7. The van der Waals surface area contributed by atoms with Crippen molar-refractivity contribution in [2.45, 2.75) is 59.6 Å². The molecule has 2 unspecified atom stereocenters. The Bertz CT molecular complexity index is 390. The third kappa shape index (κ3) is 5.86. The van der Waals surface area contributed by atoms with Crippen LogP contribution < -0.4 is 15.8 Å². The third-order valence-corrected chi connectivity index (χ3v) is 3.17. The van der Waals surface area contributed by atoms with Gasteiger partial charge in [-0.3, -0.25) is 0 Å². The van der Waals surface area contributed by atoms with E-state index >= 15 is 0 Å². The third-order valence-electron chi connectivity index (χ3n) is 3.17. The van der Waals surface area contributed by atoms with Crippen LogP contribution in [0.3, 0.4) is 0 Å². The van der Waals surface area contributed by atoms with Crippen molar-refractivity contribution >= 4 is 11.4 Å². The molecule has 0 bridgehead atoms. The average molecular weight is 264 g/mol. The molecule has 0 aromatic heterocycles. The minimum absolute atomic E-state index is 0.159. The Morgan fingerprint density at radius 1 is 1.16 bits per heavy atom. The normalized spacial score (nSPS) is 14.2. The maximum Gasteiger partial charge on any atom is 0.123 e. The summed E-state index contributed by atoms with van der Waals surface area (Å²) in [6.07, 6.45) is 2.53. The molecule has 0 heterocycles. The second-order valence-corrected chi connectivity index (χ2v) is 5.75. The predicted octanol–water partition coefficient (Wildman–Crippen LogP) is 4.29. The number of nitrogens with two attached hydrogens (primary N) is 1. The highest BCUT2D eigenvalue weighted by atomic mass is 16.5. The second kappa shape index (κ2) is 7.27. The van der Waals surface area contributed by atoms with Crippen molar-refractivity contribution in [1.29, 1.82) is 0 Å². The van der Waals surface area contributed by atoms with Crippen molar-refractivity contribution in [2.24, 2.45) is 5.92 Å². The maximum absolute atomic E-state index is 5.92. The van der Waals surface area contributed by atoms with E-state index in [1.807, 2.05) is 32.0 Å². The number of ether oxygens (including phenoxy) is 1. The molecule has 3 nitrogen and oxygen atoms in total. The molecule has 0 saturated heterocycles. The smallest absolute Gasteiger partial charge is 0.123 e. The average Bonchev–Trinajstić information content (AvgIpc) is 2.26. The summed E-state index contributed by atoms with van der Waals surface area (Å²) in [4.78, 5) is 0. The molecule has 0 aliphatic rings. The molecular weight excluding hydrogens is 236 g/mol. The highest BCUT2D eigenvalue weighted by molar-refractivity contribution is 5.59. The molecule has 1 aromatic carbocycles. The Hall–Kier alpha value is -1.38. The molecular formula is C16H28N2O. The van der Waals surface area contributed by atoms with Crippen molar-refractivity contribution in [3.63, 3.8) is 0 Å². The van der Waals surface area contributed by atoms with Crippen molar-refractivity contribution in [1.82, 2.24) is 0 Å². The van der Waals surface area contributed by atoms with Crippen LogP contribution in [0.15, 0.2) is 18.2 Å². The minimum Gasteiger partial charge on any atom is -0.491 e. The quantitative estimate of drug-likeness (QED) is 0.722. The monoisotopic (exact) mass is 264 g/mol. The van der Waals surface area contributed by atoms with Gasteiger partial charge in [0.25, 0.3) is 0 Å². The number of nitrogen functional groups attached to an aromatic ring is 1. The summed E-state index contributed by atoms with van der Waals surface area (Å²) in [5.41, 5.74) is 7.68. The van der Waals surface area contributed by atoms with Gasteiger partial charge in [-0.05, 0) is 39.2 Å².